The van der Waals surface area contributed by atoms with Crippen molar-refractivity contribution in [3.05, 3.63) is 0 Å². The summed E-state index contributed by atoms with van der Waals surface area (Å²) in [4.78, 5) is 34.0. The van der Waals surface area contributed by atoms with Crippen LogP contribution in [0.1, 0.15) is 79.1 Å². The third kappa shape index (κ3) is 3.81. The van der Waals surface area contributed by atoms with E-state index in [1.54, 1.807) is 0 Å². The first kappa shape index (κ1) is 18.9. The Balaban J connectivity index is 2.06. The van der Waals surface area contributed by atoms with Crippen LogP contribution in [0.4, 0.5) is 0 Å². The number of hydrogen-bond acceptors (Lipinski definition) is 3. The molecule has 0 radical (unpaired) electrons. The monoisotopic (exact) mass is 335 g/mol. The SMILES string of the molecule is CCCCC(=O)N1CCC2(CC1)N=C(CCCC)N(C(C)C)C2=O. The van der Waals surface area contributed by atoms with E-state index in [0.717, 1.165) is 37.9 Å². The summed E-state index contributed by atoms with van der Waals surface area (Å²) in [5, 5.41) is 0. The fourth-order valence-electron chi connectivity index (χ4n) is 3.67. The summed E-state index contributed by atoms with van der Waals surface area (Å²) in [6.45, 7) is 9.69. The van der Waals surface area contributed by atoms with Gasteiger partial charge in [0, 0.05) is 32.0 Å². The van der Waals surface area contributed by atoms with Gasteiger partial charge < -0.3 is 4.90 Å². The van der Waals surface area contributed by atoms with E-state index in [-0.39, 0.29) is 17.9 Å². The molecule has 0 aromatic carbocycles. The Labute approximate surface area is 146 Å². The molecule has 0 bridgehead atoms. The van der Waals surface area contributed by atoms with Crippen LogP contribution in [-0.2, 0) is 9.59 Å². The predicted molar refractivity (Wildman–Crippen MR) is 97.0 cm³/mol. The number of carbonyl (C=O) groups excluding carboxylic acids is 2. The Bertz CT molecular complexity index is 491. The summed E-state index contributed by atoms with van der Waals surface area (Å²) in [6.07, 6.45) is 6.99. The molecule has 1 fully saturated rings. The largest absolute Gasteiger partial charge is 0.342 e. The van der Waals surface area contributed by atoms with Gasteiger partial charge in [0.25, 0.3) is 5.91 Å². The lowest BCUT2D eigenvalue weighted by molar-refractivity contribution is -0.139. The van der Waals surface area contributed by atoms with Gasteiger partial charge in [-0.3, -0.25) is 19.5 Å². The fourth-order valence-corrected chi connectivity index (χ4v) is 3.67. The van der Waals surface area contributed by atoms with E-state index in [9.17, 15) is 9.59 Å². The van der Waals surface area contributed by atoms with Gasteiger partial charge in [0.15, 0.2) is 0 Å². The van der Waals surface area contributed by atoms with Gasteiger partial charge >= 0.3 is 0 Å². The van der Waals surface area contributed by atoms with Crippen LogP contribution >= 0.6 is 0 Å². The second-order valence-corrected chi connectivity index (χ2v) is 7.42. The summed E-state index contributed by atoms with van der Waals surface area (Å²) < 4.78 is 0. The average molecular weight is 335 g/mol. The lowest BCUT2D eigenvalue weighted by Gasteiger charge is -2.37. The van der Waals surface area contributed by atoms with Crippen LogP contribution in [-0.4, -0.2) is 52.1 Å². The molecule has 2 aliphatic rings. The molecule has 2 aliphatic heterocycles. The van der Waals surface area contributed by atoms with Crippen molar-refractivity contribution in [3.8, 4) is 0 Å². The van der Waals surface area contributed by atoms with Crippen molar-refractivity contribution in [1.29, 1.82) is 0 Å². The normalized spacial score (nSPS) is 20.2. The first-order chi connectivity index (χ1) is 11.4. The molecular weight excluding hydrogens is 302 g/mol. The molecule has 2 rings (SSSR count). The molecule has 5 heteroatoms. The molecule has 0 unspecified atom stereocenters. The van der Waals surface area contributed by atoms with E-state index < -0.39 is 5.54 Å². The molecule has 0 aliphatic carbocycles. The van der Waals surface area contributed by atoms with E-state index in [4.69, 9.17) is 4.99 Å². The quantitative estimate of drug-likeness (QED) is 0.716. The van der Waals surface area contributed by atoms with Crippen molar-refractivity contribution < 1.29 is 9.59 Å². The van der Waals surface area contributed by atoms with Gasteiger partial charge in [-0.1, -0.05) is 26.7 Å². The maximum absolute atomic E-state index is 13.1. The van der Waals surface area contributed by atoms with Gasteiger partial charge in [-0.05, 0) is 39.5 Å². The van der Waals surface area contributed by atoms with Gasteiger partial charge in [-0.25, -0.2) is 0 Å². The maximum atomic E-state index is 13.1. The number of nitrogens with zero attached hydrogens (tertiary/aromatic N) is 3. The third-order valence-corrected chi connectivity index (χ3v) is 5.20. The van der Waals surface area contributed by atoms with Crippen LogP contribution in [0.5, 0.6) is 0 Å². The van der Waals surface area contributed by atoms with Crippen LogP contribution in [0.15, 0.2) is 4.99 Å². The van der Waals surface area contributed by atoms with E-state index in [0.29, 0.717) is 32.4 Å². The van der Waals surface area contributed by atoms with Crippen LogP contribution in [0.3, 0.4) is 0 Å². The first-order valence-electron chi connectivity index (χ1n) is 9.65. The zero-order valence-corrected chi connectivity index (χ0v) is 15.8. The Morgan fingerprint density at radius 1 is 1.17 bits per heavy atom. The number of likely N-dealkylation sites (tertiary alicyclic amines) is 1. The zero-order chi connectivity index (χ0) is 17.7. The van der Waals surface area contributed by atoms with E-state index >= 15 is 0 Å². The summed E-state index contributed by atoms with van der Waals surface area (Å²) in [5.74, 6) is 1.35. The number of aliphatic imine (C=N–C) groups is 1. The highest BCUT2D eigenvalue weighted by molar-refractivity contribution is 6.08. The van der Waals surface area contributed by atoms with Gasteiger partial charge in [0.05, 0.1) is 0 Å². The molecule has 0 N–H and O–H groups in total. The second kappa shape index (κ2) is 8.13. The zero-order valence-electron chi connectivity index (χ0n) is 15.8. The number of amidine groups is 1. The number of piperidine rings is 1. The molecule has 5 nitrogen and oxygen atoms in total. The molecule has 136 valence electrons. The Kier molecular flexibility index (Phi) is 6.41. The number of rotatable bonds is 7. The van der Waals surface area contributed by atoms with Crippen LogP contribution in [0.25, 0.3) is 0 Å². The second-order valence-electron chi connectivity index (χ2n) is 7.42. The Morgan fingerprint density at radius 2 is 1.79 bits per heavy atom. The maximum Gasteiger partial charge on any atom is 0.256 e. The van der Waals surface area contributed by atoms with Gasteiger partial charge in [0.2, 0.25) is 5.91 Å². The number of hydrogen-bond donors (Lipinski definition) is 0. The summed E-state index contributed by atoms with van der Waals surface area (Å²) in [7, 11) is 0. The average Bonchev–Trinajstić information content (AvgIpc) is 2.83. The molecule has 0 atom stereocenters. The third-order valence-electron chi connectivity index (χ3n) is 5.20. The van der Waals surface area contributed by atoms with Gasteiger partial charge in [0.1, 0.15) is 11.4 Å². The highest BCUT2D eigenvalue weighted by Crippen LogP contribution is 2.35. The molecule has 1 spiro atoms. The summed E-state index contributed by atoms with van der Waals surface area (Å²) in [5.41, 5.74) is -0.602. The van der Waals surface area contributed by atoms with Gasteiger partial charge in [-0.2, -0.15) is 0 Å². The minimum Gasteiger partial charge on any atom is -0.342 e. The smallest absolute Gasteiger partial charge is 0.256 e. The van der Waals surface area contributed by atoms with Crippen LogP contribution in [0, 0.1) is 0 Å². The molecule has 0 aromatic rings. The van der Waals surface area contributed by atoms with E-state index in [1.165, 1.54) is 0 Å². The minimum absolute atomic E-state index is 0.150. The number of amides is 2. The number of unbranched alkanes of at least 4 members (excludes halogenated alkanes) is 2. The highest BCUT2D eigenvalue weighted by atomic mass is 16.2. The molecule has 24 heavy (non-hydrogen) atoms. The van der Waals surface area contributed by atoms with Crippen molar-refractivity contribution >= 4 is 17.6 Å². The lowest BCUT2D eigenvalue weighted by atomic mass is 9.87. The van der Waals surface area contributed by atoms with Crippen molar-refractivity contribution in [3.63, 3.8) is 0 Å². The minimum atomic E-state index is -0.602. The molecule has 0 aromatic heterocycles. The molecule has 1 saturated heterocycles. The fraction of sp³-hybridized carbons (Fsp3) is 0.842. The van der Waals surface area contributed by atoms with E-state index in [1.807, 2.05) is 9.80 Å². The summed E-state index contributed by atoms with van der Waals surface area (Å²) in [6, 6.07) is 0.150. The van der Waals surface area contributed by atoms with Crippen molar-refractivity contribution in [1.82, 2.24) is 9.80 Å². The standard InChI is InChI=1S/C19H33N3O2/c1-5-7-9-16-20-19(18(24)22(16)15(3)4)11-13-21(14-12-19)17(23)10-8-6-2/h15H,5-14H2,1-4H3. The van der Waals surface area contributed by atoms with Crippen molar-refractivity contribution in [2.75, 3.05) is 13.1 Å². The first-order valence-corrected chi connectivity index (χ1v) is 9.65. The molecule has 2 amide bonds. The topological polar surface area (TPSA) is 53.0 Å². The van der Waals surface area contributed by atoms with Gasteiger partial charge in [-0.15, -0.1) is 0 Å². The van der Waals surface area contributed by atoms with E-state index in [2.05, 4.69) is 27.7 Å². The molecule has 2 heterocycles. The predicted octanol–water partition coefficient (Wildman–Crippen LogP) is 3.38. The molecule has 0 saturated carbocycles. The number of carbonyl (C=O) groups is 2. The summed E-state index contributed by atoms with van der Waals surface area (Å²) >= 11 is 0. The van der Waals surface area contributed by atoms with Crippen LogP contribution in [0.2, 0.25) is 0 Å². The van der Waals surface area contributed by atoms with Crippen LogP contribution < -0.4 is 0 Å². The Hall–Kier alpha value is -1.39. The Morgan fingerprint density at radius 3 is 2.33 bits per heavy atom. The van der Waals surface area contributed by atoms with Crippen molar-refractivity contribution in [2.45, 2.75) is 90.6 Å². The lowest BCUT2D eigenvalue weighted by Crippen LogP contribution is -2.52. The molecular formula is C19H33N3O2. The highest BCUT2D eigenvalue weighted by Gasteiger charge is 2.50. The van der Waals surface area contributed by atoms with Crippen molar-refractivity contribution in [2.24, 2.45) is 4.99 Å².